The smallest absolute Gasteiger partial charge is 0.269 e. The molecule has 7 nitrogen and oxygen atoms in total. The van der Waals surface area contributed by atoms with E-state index in [9.17, 15) is 10.1 Å². The van der Waals surface area contributed by atoms with Crippen molar-refractivity contribution < 1.29 is 9.45 Å². The summed E-state index contributed by atoms with van der Waals surface area (Å²) in [6.07, 6.45) is 1.65. The quantitative estimate of drug-likeness (QED) is 0.269. The van der Waals surface area contributed by atoms with Crippen LogP contribution in [-0.2, 0) is 0 Å². The van der Waals surface area contributed by atoms with Gasteiger partial charge in [-0.25, -0.2) is 0 Å². The van der Waals surface area contributed by atoms with Crippen molar-refractivity contribution in [2.75, 3.05) is 0 Å². The Kier molecular flexibility index (Phi) is 5.20. The van der Waals surface area contributed by atoms with Gasteiger partial charge in [-0.15, -0.1) is 0 Å². The minimum absolute atomic E-state index is 0.0347. The molecule has 3 aromatic carbocycles. The first kappa shape index (κ1) is 18.2. The lowest BCUT2D eigenvalue weighted by molar-refractivity contribution is -0.384. The van der Waals surface area contributed by atoms with E-state index in [4.69, 9.17) is 4.52 Å². The van der Waals surface area contributed by atoms with E-state index >= 15 is 0 Å². The first-order chi connectivity index (χ1) is 14.2. The summed E-state index contributed by atoms with van der Waals surface area (Å²) in [6, 6.07) is 24.9. The molecule has 0 aliphatic rings. The van der Waals surface area contributed by atoms with Gasteiger partial charge in [0.1, 0.15) is 6.04 Å². The molecule has 1 aromatic heterocycles. The Balaban J connectivity index is 1.66. The third-order valence-electron chi connectivity index (χ3n) is 4.30. The van der Waals surface area contributed by atoms with Gasteiger partial charge in [-0.2, -0.15) is 4.98 Å². The van der Waals surface area contributed by atoms with Crippen LogP contribution in [0, 0.1) is 10.1 Å². The zero-order valence-corrected chi connectivity index (χ0v) is 15.3. The van der Waals surface area contributed by atoms with E-state index in [0.29, 0.717) is 11.7 Å². The molecule has 0 aliphatic heterocycles. The number of nitro groups is 1. The normalized spacial score (nSPS) is 12.1. The Labute approximate surface area is 166 Å². The van der Waals surface area contributed by atoms with Crippen molar-refractivity contribution in [3.05, 3.63) is 112 Å². The summed E-state index contributed by atoms with van der Waals surface area (Å²) in [4.78, 5) is 19.5. The Morgan fingerprint density at radius 3 is 2.24 bits per heavy atom. The number of rotatable bonds is 6. The van der Waals surface area contributed by atoms with Crippen LogP contribution in [0.5, 0.6) is 0 Å². The number of aliphatic imine (C=N–C) groups is 1. The fourth-order valence-corrected chi connectivity index (χ4v) is 2.82. The van der Waals surface area contributed by atoms with Gasteiger partial charge in [-0.3, -0.25) is 15.1 Å². The fraction of sp³-hybridized carbons (Fsp3) is 0.0455. The highest BCUT2D eigenvalue weighted by Gasteiger charge is 2.19. The maximum Gasteiger partial charge on any atom is 0.269 e. The molecule has 1 heterocycles. The molecule has 0 N–H and O–H groups in total. The van der Waals surface area contributed by atoms with Crippen molar-refractivity contribution >= 4 is 11.9 Å². The maximum absolute atomic E-state index is 10.8. The second-order valence-corrected chi connectivity index (χ2v) is 6.26. The molecule has 0 radical (unpaired) electrons. The average Bonchev–Trinajstić information content (AvgIpc) is 3.26. The first-order valence-corrected chi connectivity index (χ1v) is 8.92. The molecule has 0 bridgehead atoms. The molecule has 142 valence electrons. The highest BCUT2D eigenvalue weighted by Crippen LogP contribution is 2.26. The molecule has 0 aliphatic carbocycles. The number of non-ortho nitro benzene ring substituents is 1. The van der Waals surface area contributed by atoms with Gasteiger partial charge in [0.25, 0.3) is 11.6 Å². The predicted molar refractivity (Wildman–Crippen MR) is 109 cm³/mol. The molecule has 4 aromatic rings. The minimum atomic E-state index is -0.465. The largest absolute Gasteiger partial charge is 0.334 e. The van der Waals surface area contributed by atoms with Crippen molar-refractivity contribution in [1.82, 2.24) is 10.1 Å². The third-order valence-corrected chi connectivity index (χ3v) is 4.30. The second kappa shape index (κ2) is 8.26. The molecule has 0 saturated carbocycles. The van der Waals surface area contributed by atoms with Crippen molar-refractivity contribution in [2.45, 2.75) is 6.04 Å². The van der Waals surface area contributed by atoms with Crippen LogP contribution in [-0.4, -0.2) is 21.3 Å². The Morgan fingerprint density at radius 1 is 0.931 bits per heavy atom. The number of nitro benzene ring substituents is 1. The number of hydrogen-bond donors (Lipinski definition) is 0. The summed E-state index contributed by atoms with van der Waals surface area (Å²) < 4.78 is 5.44. The predicted octanol–water partition coefficient (Wildman–Crippen LogP) is 4.85. The zero-order chi connectivity index (χ0) is 20.1. The van der Waals surface area contributed by atoms with Crippen LogP contribution >= 0.6 is 0 Å². The van der Waals surface area contributed by atoms with E-state index < -0.39 is 11.0 Å². The van der Waals surface area contributed by atoms with Crippen LogP contribution < -0.4 is 0 Å². The van der Waals surface area contributed by atoms with Gasteiger partial charge in [0, 0.05) is 23.9 Å². The molecule has 4 rings (SSSR count). The monoisotopic (exact) mass is 384 g/mol. The second-order valence-electron chi connectivity index (χ2n) is 6.26. The highest BCUT2D eigenvalue weighted by atomic mass is 16.6. The van der Waals surface area contributed by atoms with Crippen LogP contribution in [0.15, 0.2) is 94.4 Å². The maximum atomic E-state index is 10.8. The van der Waals surface area contributed by atoms with Crippen LogP contribution in [0.2, 0.25) is 0 Å². The number of hydrogen-bond acceptors (Lipinski definition) is 6. The van der Waals surface area contributed by atoms with Crippen molar-refractivity contribution in [3.63, 3.8) is 0 Å². The summed E-state index contributed by atoms with van der Waals surface area (Å²) in [7, 11) is 0. The molecular weight excluding hydrogens is 368 g/mol. The summed E-state index contributed by atoms with van der Waals surface area (Å²) in [5.41, 5.74) is 2.51. The molecule has 7 heteroatoms. The first-order valence-electron chi connectivity index (χ1n) is 8.92. The van der Waals surface area contributed by atoms with Crippen LogP contribution in [0.3, 0.4) is 0 Å². The average molecular weight is 384 g/mol. The van der Waals surface area contributed by atoms with Gasteiger partial charge in [0.05, 0.1) is 4.92 Å². The van der Waals surface area contributed by atoms with Crippen LogP contribution in [0.4, 0.5) is 5.69 Å². The molecule has 1 unspecified atom stereocenters. The SMILES string of the molecule is O=[N+]([O-])c1ccc(C=NC(c2ccccc2)c2noc(-c3ccccc3)n2)cc1. The summed E-state index contributed by atoms with van der Waals surface area (Å²) in [6.45, 7) is 0. The molecule has 29 heavy (non-hydrogen) atoms. The molecular formula is C22H16N4O3. The van der Waals surface area contributed by atoms with Crippen molar-refractivity contribution in [2.24, 2.45) is 4.99 Å². The van der Waals surface area contributed by atoms with Gasteiger partial charge in [0.15, 0.2) is 0 Å². The van der Waals surface area contributed by atoms with Gasteiger partial charge >= 0.3 is 0 Å². The van der Waals surface area contributed by atoms with E-state index in [-0.39, 0.29) is 5.69 Å². The Morgan fingerprint density at radius 2 is 1.59 bits per heavy atom. The lowest BCUT2D eigenvalue weighted by Crippen LogP contribution is -2.01. The van der Waals surface area contributed by atoms with E-state index in [1.165, 1.54) is 12.1 Å². The van der Waals surface area contributed by atoms with E-state index in [2.05, 4.69) is 15.1 Å². The minimum Gasteiger partial charge on any atom is -0.334 e. The summed E-state index contributed by atoms with van der Waals surface area (Å²) in [5.74, 6) is 0.861. The molecule has 0 saturated heterocycles. The number of benzene rings is 3. The van der Waals surface area contributed by atoms with Crippen molar-refractivity contribution in [3.8, 4) is 11.5 Å². The van der Waals surface area contributed by atoms with E-state index in [1.54, 1.807) is 18.3 Å². The summed E-state index contributed by atoms with van der Waals surface area (Å²) in [5, 5.41) is 14.9. The number of aromatic nitrogens is 2. The Bertz CT molecular complexity index is 1120. The highest BCUT2D eigenvalue weighted by molar-refractivity contribution is 5.80. The molecule has 1 atom stereocenters. The zero-order valence-electron chi connectivity index (χ0n) is 15.3. The van der Waals surface area contributed by atoms with E-state index in [0.717, 1.165) is 16.7 Å². The third kappa shape index (κ3) is 4.24. The number of nitrogens with zero attached hydrogens (tertiary/aromatic N) is 4. The molecule has 0 fully saturated rings. The standard InChI is InChI=1S/C22H16N4O3/c27-26(28)19-13-11-16(12-14-19)15-23-20(17-7-3-1-4-8-17)21-24-22(29-25-21)18-9-5-2-6-10-18/h1-15,20H. The lowest BCUT2D eigenvalue weighted by Gasteiger charge is -2.08. The van der Waals surface area contributed by atoms with Gasteiger partial charge in [-0.05, 0) is 35.4 Å². The topological polar surface area (TPSA) is 94.4 Å². The van der Waals surface area contributed by atoms with Crippen LogP contribution in [0.25, 0.3) is 11.5 Å². The summed E-state index contributed by atoms with van der Waals surface area (Å²) >= 11 is 0. The molecule has 0 spiro atoms. The van der Waals surface area contributed by atoms with Gasteiger partial charge < -0.3 is 4.52 Å². The van der Waals surface area contributed by atoms with E-state index in [1.807, 2.05) is 60.7 Å². The lowest BCUT2D eigenvalue weighted by atomic mass is 10.1. The molecule has 0 amide bonds. The van der Waals surface area contributed by atoms with Gasteiger partial charge in [0.2, 0.25) is 5.82 Å². The van der Waals surface area contributed by atoms with Gasteiger partial charge in [-0.1, -0.05) is 53.7 Å². The van der Waals surface area contributed by atoms with Crippen molar-refractivity contribution in [1.29, 1.82) is 0 Å². The fourth-order valence-electron chi connectivity index (χ4n) is 2.82. The Hall–Kier alpha value is -4.13. The van der Waals surface area contributed by atoms with Crippen LogP contribution in [0.1, 0.15) is 23.0 Å².